The van der Waals surface area contributed by atoms with Crippen molar-refractivity contribution >= 4 is 46.6 Å². The first-order valence-electron chi connectivity index (χ1n) is 11.4. The van der Waals surface area contributed by atoms with E-state index < -0.39 is 5.25 Å². The maximum absolute atomic E-state index is 13.3. The maximum Gasteiger partial charge on any atom is 0.263 e. The molecule has 0 aliphatic rings. The number of anilines is 2. The topological polar surface area (TPSA) is 76.7 Å². The highest BCUT2D eigenvalue weighted by Crippen LogP contribution is 2.37. The van der Waals surface area contributed by atoms with Crippen LogP contribution in [0.25, 0.3) is 0 Å². The molecule has 37 heavy (non-hydrogen) atoms. The molecule has 4 rings (SSSR count). The SMILES string of the molecule is COc1cccc(OC)c1C(=O)Nc1ccc(SC(C(=O)Nc2cccc(Cl)c2)c2ccccc2)cc1. The molecule has 0 saturated heterocycles. The number of ether oxygens (including phenoxy) is 2. The van der Waals surface area contributed by atoms with Crippen LogP contribution in [0.3, 0.4) is 0 Å². The number of methoxy groups -OCH3 is 2. The Morgan fingerprint density at radius 2 is 1.41 bits per heavy atom. The van der Waals surface area contributed by atoms with Crippen LogP contribution < -0.4 is 20.1 Å². The van der Waals surface area contributed by atoms with E-state index in [-0.39, 0.29) is 11.8 Å². The van der Waals surface area contributed by atoms with Gasteiger partial charge in [-0.05, 0) is 60.2 Å². The molecule has 0 saturated carbocycles. The van der Waals surface area contributed by atoms with Crippen LogP contribution in [0, 0.1) is 0 Å². The Morgan fingerprint density at radius 1 is 0.757 bits per heavy atom. The number of halogens is 1. The van der Waals surface area contributed by atoms with E-state index in [0.717, 1.165) is 10.5 Å². The first-order valence-corrected chi connectivity index (χ1v) is 12.6. The molecule has 2 N–H and O–H groups in total. The minimum Gasteiger partial charge on any atom is -0.496 e. The first-order chi connectivity index (χ1) is 18.0. The molecule has 1 unspecified atom stereocenters. The van der Waals surface area contributed by atoms with Gasteiger partial charge in [-0.15, -0.1) is 11.8 Å². The molecule has 0 spiro atoms. The van der Waals surface area contributed by atoms with Crippen LogP contribution in [-0.2, 0) is 4.79 Å². The lowest BCUT2D eigenvalue weighted by atomic mass is 10.1. The Bertz CT molecular complexity index is 1360. The summed E-state index contributed by atoms with van der Waals surface area (Å²) in [5.74, 6) is 0.317. The summed E-state index contributed by atoms with van der Waals surface area (Å²) in [6, 6.07) is 29.1. The number of rotatable bonds is 9. The van der Waals surface area contributed by atoms with Crippen LogP contribution in [0.1, 0.15) is 21.2 Å². The number of nitrogens with one attached hydrogen (secondary N) is 2. The number of hydrogen-bond acceptors (Lipinski definition) is 5. The van der Waals surface area contributed by atoms with E-state index in [1.165, 1.54) is 26.0 Å². The van der Waals surface area contributed by atoms with Gasteiger partial charge in [0.2, 0.25) is 5.91 Å². The number of benzene rings is 4. The number of carbonyl (C=O) groups excluding carboxylic acids is 2. The quantitative estimate of drug-likeness (QED) is 0.225. The van der Waals surface area contributed by atoms with Crippen molar-refractivity contribution in [2.45, 2.75) is 10.1 Å². The van der Waals surface area contributed by atoms with Crippen LogP contribution in [0.2, 0.25) is 5.02 Å². The second-order valence-electron chi connectivity index (χ2n) is 7.92. The molecular formula is C29H25ClN2O4S. The Hall–Kier alpha value is -3.94. The fourth-order valence-electron chi connectivity index (χ4n) is 3.70. The summed E-state index contributed by atoms with van der Waals surface area (Å²) >= 11 is 7.49. The minimum atomic E-state index is -0.501. The summed E-state index contributed by atoms with van der Waals surface area (Å²) in [6.07, 6.45) is 0. The molecule has 4 aromatic rings. The van der Waals surface area contributed by atoms with Gasteiger partial charge in [-0.2, -0.15) is 0 Å². The van der Waals surface area contributed by atoms with Gasteiger partial charge in [0.25, 0.3) is 5.91 Å². The van der Waals surface area contributed by atoms with Crippen LogP contribution in [0.5, 0.6) is 11.5 Å². The lowest BCUT2D eigenvalue weighted by Crippen LogP contribution is -2.19. The molecule has 0 aliphatic carbocycles. The highest BCUT2D eigenvalue weighted by Gasteiger charge is 2.23. The number of thioether (sulfide) groups is 1. The lowest BCUT2D eigenvalue weighted by Gasteiger charge is -2.18. The van der Waals surface area contributed by atoms with Gasteiger partial charge in [0, 0.05) is 21.3 Å². The molecular weight excluding hydrogens is 508 g/mol. The van der Waals surface area contributed by atoms with Crippen LogP contribution in [-0.4, -0.2) is 26.0 Å². The highest BCUT2D eigenvalue weighted by molar-refractivity contribution is 8.00. The van der Waals surface area contributed by atoms with E-state index >= 15 is 0 Å². The number of carbonyl (C=O) groups is 2. The van der Waals surface area contributed by atoms with E-state index in [1.54, 1.807) is 54.6 Å². The molecule has 188 valence electrons. The smallest absolute Gasteiger partial charge is 0.263 e. The summed E-state index contributed by atoms with van der Waals surface area (Å²) in [5, 5.41) is 5.88. The Morgan fingerprint density at radius 3 is 2.03 bits per heavy atom. The van der Waals surface area contributed by atoms with Crippen molar-refractivity contribution in [3.63, 3.8) is 0 Å². The average molecular weight is 533 g/mol. The zero-order chi connectivity index (χ0) is 26.2. The lowest BCUT2D eigenvalue weighted by molar-refractivity contribution is -0.115. The summed E-state index contributed by atoms with van der Waals surface area (Å²) in [6.45, 7) is 0. The predicted molar refractivity (Wildman–Crippen MR) is 149 cm³/mol. The van der Waals surface area contributed by atoms with Crippen molar-refractivity contribution in [3.8, 4) is 11.5 Å². The molecule has 0 bridgehead atoms. The predicted octanol–water partition coefficient (Wildman–Crippen LogP) is 7.08. The molecule has 0 heterocycles. The molecule has 0 aliphatic heterocycles. The second kappa shape index (κ2) is 12.3. The fourth-order valence-corrected chi connectivity index (χ4v) is 4.91. The third kappa shape index (κ3) is 6.64. The van der Waals surface area contributed by atoms with Crippen molar-refractivity contribution in [3.05, 3.63) is 113 Å². The van der Waals surface area contributed by atoms with Gasteiger partial charge in [0.1, 0.15) is 22.3 Å². The van der Waals surface area contributed by atoms with Gasteiger partial charge in [-0.25, -0.2) is 0 Å². The summed E-state index contributed by atoms with van der Waals surface area (Å²) in [7, 11) is 3.01. The number of hydrogen-bond donors (Lipinski definition) is 2. The van der Waals surface area contributed by atoms with Gasteiger partial charge in [-0.1, -0.05) is 54.1 Å². The molecule has 4 aromatic carbocycles. The van der Waals surface area contributed by atoms with Crippen molar-refractivity contribution in [1.82, 2.24) is 0 Å². The van der Waals surface area contributed by atoms with E-state index in [9.17, 15) is 9.59 Å². The molecule has 1 atom stereocenters. The third-order valence-corrected chi connectivity index (χ3v) is 6.95. The molecule has 6 nitrogen and oxygen atoms in total. The van der Waals surface area contributed by atoms with Gasteiger partial charge in [0.15, 0.2) is 0 Å². The Labute approximate surface area is 225 Å². The van der Waals surface area contributed by atoms with Gasteiger partial charge in [0.05, 0.1) is 14.2 Å². The van der Waals surface area contributed by atoms with E-state index in [0.29, 0.717) is 33.5 Å². The fraction of sp³-hybridized carbons (Fsp3) is 0.103. The second-order valence-corrected chi connectivity index (χ2v) is 9.54. The normalized spacial score (nSPS) is 11.3. The Balaban J connectivity index is 1.51. The zero-order valence-corrected chi connectivity index (χ0v) is 21.8. The van der Waals surface area contributed by atoms with Crippen LogP contribution >= 0.6 is 23.4 Å². The number of amides is 2. The molecule has 0 fully saturated rings. The van der Waals surface area contributed by atoms with Gasteiger partial charge < -0.3 is 20.1 Å². The molecule has 0 aromatic heterocycles. The largest absolute Gasteiger partial charge is 0.496 e. The monoisotopic (exact) mass is 532 g/mol. The van der Waals surface area contributed by atoms with Gasteiger partial charge >= 0.3 is 0 Å². The van der Waals surface area contributed by atoms with Crippen molar-refractivity contribution < 1.29 is 19.1 Å². The van der Waals surface area contributed by atoms with Crippen molar-refractivity contribution in [1.29, 1.82) is 0 Å². The summed E-state index contributed by atoms with van der Waals surface area (Å²) < 4.78 is 10.7. The van der Waals surface area contributed by atoms with E-state index in [4.69, 9.17) is 21.1 Å². The zero-order valence-electron chi connectivity index (χ0n) is 20.2. The van der Waals surface area contributed by atoms with Crippen LogP contribution in [0.4, 0.5) is 11.4 Å². The summed E-state index contributed by atoms with van der Waals surface area (Å²) in [5.41, 5.74) is 2.41. The average Bonchev–Trinajstić information content (AvgIpc) is 2.92. The van der Waals surface area contributed by atoms with Crippen molar-refractivity contribution in [2.75, 3.05) is 24.9 Å². The first kappa shape index (κ1) is 26.1. The minimum absolute atomic E-state index is 0.167. The molecule has 8 heteroatoms. The summed E-state index contributed by atoms with van der Waals surface area (Å²) in [4.78, 5) is 27.1. The van der Waals surface area contributed by atoms with E-state index in [2.05, 4.69) is 10.6 Å². The van der Waals surface area contributed by atoms with Gasteiger partial charge in [-0.3, -0.25) is 9.59 Å². The van der Waals surface area contributed by atoms with Crippen LogP contribution in [0.15, 0.2) is 102 Å². The maximum atomic E-state index is 13.3. The van der Waals surface area contributed by atoms with Crippen molar-refractivity contribution in [2.24, 2.45) is 0 Å². The third-order valence-electron chi connectivity index (χ3n) is 5.45. The molecule has 0 radical (unpaired) electrons. The molecule has 2 amide bonds. The Kier molecular flexibility index (Phi) is 8.72. The highest BCUT2D eigenvalue weighted by atomic mass is 35.5. The van der Waals surface area contributed by atoms with E-state index in [1.807, 2.05) is 42.5 Å². The standard InChI is InChI=1S/C29H25ClN2O4S/c1-35-24-12-7-13-25(36-2)26(24)28(33)31-21-14-16-23(17-15-21)37-27(19-8-4-3-5-9-19)29(34)32-22-11-6-10-20(30)18-22/h3-18,27H,1-2H3,(H,31,33)(H,32,34).